The number of carbonyl (C=O) groups excluding carboxylic acids is 1. The summed E-state index contributed by atoms with van der Waals surface area (Å²) in [7, 11) is 5.51. The minimum absolute atomic E-state index is 0. The standard InChI is InChI=1S/C21H33N5O.HI/c1-22-20(23-16-21(12-7-8-13-21)19(27)25(2)3)24-17-11-14-26(15-17)18-9-5-4-6-10-18;/h4-6,9-10,17H,7-8,11-16H2,1-3H3,(H2,22,23,24);1H. The Balaban J connectivity index is 0.00000280. The van der Waals surface area contributed by atoms with E-state index in [1.54, 1.807) is 11.9 Å². The molecule has 2 aliphatic rings. The molecule has 0 aromatic heterocycles. The Kier molecular flexibility index (Phi) is 8.39. The smallest absolute Gasteiger partial charge is 0.230 e. The van der Waals surface area contributed by atoms with Crippen LogP contribution in [0, 0.1) is 5.41 Å². The van der Waals surface area contributed by atoms with Gasteiger partial charge in [0, 0.05) is 52.5 Å². The third-order valence-corrected chi connectivity index (χ3v) is 5.89. The summed E-state index contributed by atoms with van der Waals surface area (Å²) in [5.74, 6) is 1.03. The van der Waals surface area contributed by atoms with Gasteiger partial charge in [-0.15, -0.1) is 24.0 Å². The van der Waals surface area contributed by atoms with Crippen LogP contribution in [0.4, 0.5) is 5.69 Å². The molecule has 1 saturated heterocycles. The molecule has 0 spiro atoms. The number of carbonyl (C=O) groups is 1. The van der Waals surface area contributed by atoms with Crippen molar-refractivity contribution in [3.05, 3.63) is 30.3 Å². The Hall–Kier alpha value is -1.51. The van der Waals surface area contributed by atoms with Crippen molar-refractivity contribution in [1.82, 2.24) is 15.5 Å². The molecule has 1 amide bonds. The number of benzene rings is 1. The van der Waals surface area contributed by atoms with E-state index >= 15 is 0 Å². The Bertz CT molecular complexity index is 658. The van der Waals surface area contributed by atoms with Gasteiger partial charge in [0.05, 0.1) is 5.41 Å². The van der Waals surface area contributed by atoms with E-state index in [0.717, 1.165) is 51.2 Å². The van der Waals surface area contributed by atoms with Crippen molar-refractivity contribution in [2.24, 2.45) is 10.4 Å². The molecule has 28 heavy (non-hydrogen) atoms. The molecule has 1 heterocycles. The van der Waals surface area contributed by atoms with Crippen molar-refractivity contribution in [2.45, 2.75) is 38.1 Å². The van der Waals surface area contributed by atoms with Gasteiger partial charge >= 0.3 is 0 Å². The second kappa shape index (κ2) is 10.3. The average molecular weight is 499 g/mol. The predicted molar refractivity (Wildman–Crippen MR) is 127 cm³/mol. The number of anilines is 1. The number of aliphatic imine (C=N–C) groups is 1. The fourth-order valence-electron chi connectivity index (χ4n) is 4.38. The molecule has 1 aliphatic heterocycles. The quantitative estimate of drug-likeness (QED) is 0.372. The van der Waals surface area contributed by atoms with E-state index in [4.69, 9.17) is 0 Å². The maximum absolute atomic E-state index is 12.7. The Morgan fingerprint density at radius 3 is 2.54 bits per heavy atom. The monoisotopic (exact) mass is 499 g/mol. The van der Waals surface area contributed by atoms with Crippen molar-refractivity contribution >= 4 is 41.5 Å². The number of nitrogens with one attached hydrogen (secondary N) is 2. The maximum Gasteiger partial charge on any atom is 0.230 e. The van der Waals surface area contributed by atoms with Crippen LogP contribution >= 0.6 is 24.0 Å². The summed E-state index contributed by atoms with van der Waals surface area (Å²) in [6.45, 7) is 2.66. The van der Waals surface area contributed by atoms with Gasteiger partial charge < -0.3 is 20.4 Å². The topological polar surface area (TPSA) is 60.0 Å². The van der Waals surface area contributed by atoms with E-state index in [1.165, 1.54) is 5.69 Å². The molecule has 1 unspecified atom stereocenters. The summed E-state index contributed by atoms with van der Waals surface area (Å²) in [4.78, 5) is 21.3. The van der Waals surface area contributed by atoms with Gasteiger partial charge in [0.25, 0.3) is 0 Å². The van der Waals surface area contributed by atoms with Crippen LogP contribution in [0.3, 0.4) is 0 Å². The van der Waals surface area contributed by atoms with Crippen molar-refractivity contribution in [1.29, 1.82) is 0 Å². The highest BCUT2D eigenvalue weighted by molar-refractivity contribution is 14.0. The lowest BCUT2D eigenvalue weighted by Gasteiger charge is -2.31. The normalized spacial score (nSPS) is 21.2. The zero-order valence-corrected chi connectivity index (χ0v) is 19.6. The van der Waals surface area contributed by atoms with Gasteiger partial charge in [-0.05, 0) is 31.4 Å². The lowest BCUT2D eigenvalue weighted by molar-refractivity contribution is -0.138. The molecule has 1 aromatic carbocycles. The van der Waals surface area contributed by atoms with Gasteiger partial charge in [0.1, 0.15) is 0 Å². The fourth-order valence-corrected chi connectivity index (χ4v) is 4.38. The second-order valence-electron chi connectivity index (χ2n) is 8.02. The van der Waals surface area contributed by atoms with Crippen LogP contribution in [0.15, 0.2) is 35.3 Å². The fraction of sp³-hybridized carbons (Fsp3) is 0.619. The summed E-state index contributed by atoms with van der Waals surface area (Å²) in [6, 6.07) is 10.9. The van der Waals surface area contributed by atoms with E-state index in [0.29, 0.717) is 12.6 Å². The Morgan fingerprint density at radius 1 is 1.25 bits per heavy atom. The van der Waals surface area contributed by atoms with Gasteiger partial charge in [-0.2, -0.15) is 0 Å². The summed E-state index contributed by atoms with van der Waals surface area (Å²) < 4.78 is 0. The SMILES string of the molecule is CN=C(NCC1(C(=O)N(C)C)CCCC1)NC1CCN(c2ccccc2)C1.I. The van der Waals surface area contributed by atoms with Crippen LogP contribution in [0.5, 0.6) is 0 Å². The molecule has 2 fully saturated rings. The van der Waals surface area contributed by atoms with Gasteiger partial charge in [-0.1, -0.05) is 31.0 Å². The van der Waals surface area contributed by atoms with Crippen molar-refractivity contribution in [2.75, 3.05) is 45.7 Å². The number of hydrogen-bond donors (Lipinski definition) is 2. The Morgan fingerprint density at radius 2 is 1.93 bits per heavy atom. The molecule has 2 N–H and O–H groups in total. The zero-order chi connectivity index (χ0) is 19.3. The predicted octanol–water partition coefficient (Wildman–Crippen LogP) is 2.70. The summed E-state index contributed by atoms with van der Waals surface area (Å²) >= 11 is 0. The van der Waals surface area contributed by atoms with Crippen LogP contribution in [0.25, 0.3) is 0 Å². The third-order valence-electron chi connectivity index (χ3n) is 5.89. The maximum atomic E-state index is 12.7. The van der Waals surface area contributed by atoms with Gasteiger partial charge in [-0.3, -0.25) is 9.79 Å². The Labute approximate surface area is 186 Å². The molecule has 1 saturated carbocycles. The zero-order valence-electron chi connectivity index (χ0n) is 17.3. The van der Waals surface area contributed by atoms with E-state index in [-0.39, 0.29) is 35.3 Å². The van der Waals surface area contributed by atoms with E-state index in [1.807, 2.05) is 14.1 Å². The molecule has 3 rings (SSSR count). The molecular weight excluding hydrogens is 465 g/mol. The van der Waals surface area contributed by atoms with Crippen molar-refractivity contribution in [3.8, 4) is 0 Å². The minimum Gasteiger partial charge on any atom is -0.369 e. The number of guanidine groups is 1. The van der Waals surface area contributed by atoms with E-state index in [2.05, 4.69) is 50.9 Å². The van der Waals surface area contributed by atoms with Crippen LogP contribution in [-0.2, 0) is 4.79 Å². The lowest BCUT2D eigenvalue weighted by atomic mass is 9.84. The molecule has 0 bridgehead atoms. The minimum atomic E-state index is -0.285. The molecule has 1 aliphatic carbocycles. The lowest BCUT2D eigenvalue weighted by Crippen LogP contribution is -2.51. The van der Waals surface area contributed by atoms with Crippen LogP contribution in [-0.4, -0.2) is 63.6 Å². The first-order valence-corrected chi connectivity index (χ1v) is 10.0. The number of hydrogen-bond acceptors (Lipinski definition) is 3. The molecule has 0 radical (unpaired) electrons. The molecular formula is C21H34IN5O. The average Bonchev–Trinajstić information content (AvgIpc) is 3.35. The molecule has 1 aromatic rings. The van der Waals surface area contributed by atoms with Crippen LogP contribution in [0.1, 0.15) is 32.1 Å². The highest BCUT2D eigenvalue weighted by Crippen LogP contribution is 2.38. The first kappa shape index (κ1) is 22.8. The first-order valence-electron chi connectivity index (χ1n) is 10.0. The second-order valence-corrected chi connectivity index (χ2v) is 8.02. The van der Waals surface area contributed by atoms with Crippen molar-refractivity contribution < 1.29 is 4.79 Å². The highest BCUT2D eigenvalue weighted by atomic mass is 127. The van der Waals surface area contributed by atoms with E-state index in [9.17, 15) is 4.79 Å². The van der Waals surface area contributed by atoms with Gasteiger partial charge in [-0.25, -0.2) is 0 Å². The highest BCUT2D eigenvalue weighted by Gasteiger charge is 2.42. The number of nitrogens with zero attached hydrogens (tertiary/aromatic N) is 3. The van der Waals surface area contributed by atoms with Gasteiger partial charge in [0.2, 0.25) is 5.91 Å². The van der Waals surface area contributed by atoms with Gasteiger partial charge in [0.15, 0.2) is 5.96 Å². The number of halogens is 1. The molecule has 1 atom stereocenters. The van der Waals surface area contributed by atoms with E-state index < -0.39 is 0 Å². The largest absolute Gasteiger partial charge is 0.369 e. The molecule has 6 nitrogen and oxygen atoms in total. The first-order chi connectivity index (χ1) is 13.0. The summed E-state index contributed by atoms with van der Waals surface area (Å²) in [6.07, 6.45) is 5.25. The summed E-state index contributed by atoms with van der Waals surface area (Å²) in [5, 5.41) is 6.99. The van der Waals surface area contributed by atoms with Crippen LogP contribution < -0.4 is 15.5 Å². The van der Waals surface area contributed by atoms with Crippen molar-refractivity contribution in [3.63, 3.8) is 0 Å². The number of para-hydroxylation sites is 1. The number of amides is 1. The van der Waals surface area contributed by atoms with Crippen LogP contribution in [0.2, 0.25) is 0 Å². The molecule has 156 valence electrons. The third kappa shape index (κ3) is 5.30. The number of rotatable bonds is 5. The molecule has 7 heteroatoms. The summed E-state index contributed by atoms with van der Waals surface area (Å²) in [5.41, 5.74) is 0.985.